The summed E-state index contributed by atoms with van der Waals surface area (Å²) < 4.78 is 19.3. The molecule has 3 aromatic carbocycles. The molecule has 3 aromatic rings. The molecule has 0 spiro atoms. The number of aryl methyl sites for hydroxylation is 3. The van der Waals surface area contributed by atoms with Gasteiger partial charge >= 0.3 is 0 Å². The quantitative estimate of drug-likeness (QED) is 0.0692. The summed E-state index contributed by atoms with van der Waals surface area (Å²) >= 11 is 0. The third-order valence-corrected chi connectivity index (χ3v) is 12.6. The Morgan fingerprint density at radius 1 is 0.429 bits per heavy atom. The summed E-state index contributed by atoms with van der Waals surface area (Å²) in [6.07, 6.45) is 19.2. The predicted octanol–water partition coefficient (Wildman–Crippen LogP) is 12.6. The molecule has 0 aliphatic heterocycles. The van der Waals surface area contributed by atoms with E-state index in [1.54, 1.807) is 0 Å². The summed E-state index contributed by atoms with van der Waals surface area (Å²) in [6.45, 7) is 20.2. The minimum Gasteiger partial charge on any atom is -0.491 e. The first-order chi connectivity index (χ1) is 23.7. The Bertz CT molecular complexity index is 1200. The van der Waals surface area contributed by atoms with E-state index in [1.807, 2.05) is 0 Å². The number of ether oxygens (including phenoxy) is 3. The van der Waals surface area contributed by atoms with Crippen molar-refractivity contribution in [3.63, 3.8) is 0 Å². The molecule has 272 valence electrons. The summed E-state index contributed by atoms with van der Waals surface area (Å²) in [5.74, 6) is 2.92. The van der Waals surface area contributed by atoms with Gasteiger partial charge < -0.3 is 14.2 Å². The average Bonchev–Trinajstić information content (AvgIpc) is 3.06. The lowest BCUT2D eigenvalue weighted by atomic mass is 10.1. The van der Waals surface area contributed by atoms with Crippen LogP contribution in [0.5, 0.6) is 17.2 Å². The lowest BCUT2D eigenvalue weighted by molar-refractivity contribution is 0.206. The highest BCUT2D eigenvalue weighted by molar-refractivity contribution is 7.80. The van der Waals surface area contributed by atoms with Crippen LogP contribution < -0.4 is 30.1 Å². The van der Waals surface area contributed by atoms with Crippen LogP contribution in [0.4, 0.5) is 0 Å². The highest BCUT2D eigenvalue weighted by atomic mass is 31.1. The number of hydrogen-bond acceptors (Lipinski definition) is 3. The van der Waals surface area contributed by atoms with Crippen LogP contribution in [0.2, 0.25) is 0 Å². The molecule has 0 fully saturated rings. The molecule has 3 rings (SSSR count). The number of benzene rings is 3. The van der Waals surface area contributed by atoms with Crippen molar-refractivity contribution in [2.45, 2.75) is 177 Å². The third-order valence-electron chi connectivity index (χ3n) is 9.63. The molecule has 4 heteroatoms. The SMILES string of the molecule is CCCCCCC(C)Oc1ccc(P(c2ccc(OC(C)CCCCCC)cc2C)c2ccc(OC(C)CCCCCC)cc2C)c(C)c1. The Morgan fingerprint density at radius 3 is 0.959 bits per heavy atom. The Labute approximate surface area is 302 Å². The Kier molecular flexibility index (Phi) is 18.7. The van der Waals surface area contributed by atoms with E-state index in [0.717, 1.165) is 36.5 Å². The molecule has 0 aliphatic carbocycles. The zero-order valence-corrected chi connectivity index (χ0v) is 33.6. The van der Waals surface area contributed by atoms with Gasteiger partial charge in [0.25, 0.3) is 0 Å². The van der Waals surface area contributed by atoms with Crippen molar-refractivity contribution in [1.82, 2.24) is 0 Å². The van der Waals surface area contributed by atoms with Gasteiger partial charge in [-0.05, 0) is 175 Å². The van der Waals surface area contributed by atoms with Crippen LogP contribution in [-0.4, -0.2) is 18.3 Å². The third kappa shape index (κ3) is 14.0. The maximum Gasteiger partial charge on any atom is 0.120 e. The van der Waals surface area contributed by atoms with Gasteiger partial charge in [-0.15, -0.1) is 0 Å². The van der Waals surface area contributed by atoms with Gasteiger partial charge in [0.15, 0.2) is 0 Å². The summed E-state index contributed by atoms with van der Waals surface area (Å²) in [6, 6.07) is 20.3. The van der Waals surface area contributed by atoms with Crippen molar-refractivity contribution in [3.8, 4) is 17.2 Å². The number of rotatable bonds is 24. The van der Waals surface area contributed by atoms with Crippen molar-refractivity contribution in [3.05, 3.63) is 71.3 Å². The van der Waals surface area contributed by atoms with Crippen molar-refractivity contribution >= 4 is 23.8 Å². The summed E-state index contributed by atoms with van der Waals surface area (Å²) in [7, 11) is -0.814. The second-order valence-electron chi connectivity index (χ2n) is 14.5. The first kappa shape index (κ1) is 40.9. The van der Waals surface area contributed by atoms with E-state index in [1.165, 1.54) is 110 Å². The van der Waals surface area contributed by atoms with Crippen molar-refractivity contribution in [1.29, 1.82) is 0 Å². The van der Waals surface area contributed by atoms with E-state index in [4.69, 9.17) is 14.2 Å². The second-order valence-corrected chi connectivity index (χ2v) is 16.6. The van der Waals surface area contributed by atoms with Crippen LogP contribution >= 0.6 is 7.92 Å². The lowest BCUT2D eigenvalue weighted by Crippen LogP contribution is -2.26. The second kappa shape index (κ2) is 22.3. The van der Waals surface area contributed by atoms with Crippen LogP contribution in [0, 0.1) is 20.8 Å². The molecule has 0 N–H and O–H groups in total. The van der Waals surface area contributed by atoms with Crippen LogP contribution in [0.15, 0.2) is 54.6 Å². The highest BCUT2D eigenvalue weighted by Crippen LogP contribution is 2.39. The summed E-state index contributed by atoms with van der Waals surface area (Å²) in [5, 5.41) is 4.13. The van der Waals surface area contributed by atoms with Crippen LogP contribution in [0.1, 0.15) is 155 Å². The molecule has 3 atom stereocenters. The van der Waals surface area contributed by atoms with E-state index in [0.29, 0.717) is 0 Å². The van der Waals surface area contributed by atoms with Crippen molar-refractivity contribution in [2.24, 2.45) is 0 Å². The molecule has 3 nitrogen and oxygen atoms in total. The minimum absolute atomic E-state index is 0.219. The van der Waals surface area contributed by atoms with Gasteiger partial charge in [0.05, 0.1) is 18.3 Å². The van der Waals surface area contributed by atoms with Gasteiger partial charge in [-0.3, -0.25) is 0 Å². The average molecular weight is 689 g/mol. The fraction of sp³-hybridized carbons (Fsp3) is 0.600. The molecule has 0 heterocycles. The Morgan fingerprint density at radius 2 is 0.714 bits per heavy atom. The predicted molar refractivity (Wildman–Crippen MR) is 216 cm³/mol. The highest BCUT2D eigenvalue weighted by Gasteiger charge is 2.24. The van der Waals surface area contributed by atoms with Crippen molar-refractivity contribution in [2.75, 3.05) is 0 Å². The lowest BCUT2D eigenvalue weighted by Gasteiger charge is -2.26. The van der Waals surface area contributed by atoms with E-state index in [9.17, 15) is 0 Å². The first-order valence-corrected chi connectivity index (χ1v) is 21.1. The maximum absolute atomic E-state index is 6.43. The Hall–Kier alpha value is -2.51. The van der Waals surface area contributed by atoms with Crippen LogP contribution in [-0.2, 0) is 0 Å². The molecule has 0 aliphatic rings. The first-order valence-electron chi connectivity index (χ1n) is 19.8. The van der Waals surface area contributed by atoms with Crippen LogP contribution in [0.3, 0.4) is 0 Å². The molecule has 49 heavy (non-hydrogen) atoms. The van der Waals surface area contributed by atoms with E-state index in [-0.39, 0.29) is 18.3 Å². The van der Waals surface area contributed by atoms with Gasteiger partial charge in [0.2, 0.25) is 0 Å². The molecular weight excluding hydrogens is 619 g/mol. The largest absolute Gasteiger partial charge is 0.491 e. The summed E-state index contributed by atoms with van der Waals surface area (Å²) in [4.78, 5) is 0. The molecule has 0 amide bonds. The Balaban J connectivity index is 1.89. The van der Waals surface area contributed by atoms with Gasteiger partial charge in [0.1, 0.15) is 17.2 Å². The van der Waals surface area contributed by atoms with Gasteiger partial charge in [-0.2, -0.15) is 0 Å². The van der Waals surface area contributed by atoms with Gasteiger partial charge in [-0.25, -0.2) is 0 Å². The molecular formula is C45H69O3P. The van der Waals surface area contributed by atoms with E-state index >= 15 is 0 Å². The summed E-state index contributed by atoms with van der Waals surface area (Å²) in [5.41, 5.74) is 3.84. The maximum atomic E-state index is 6.43. The number of hydrogen-bond donors (Lipinski definition) is 0. The molecule has 0 aromatic heterocycles. The molecule has 0 saturated carbocycles. The number of unbranched alkanes of at least 4 members (excludes halogenated alkanes) is 9. The molecule has 0 saturated heterocycles. The zero-order valence-electron chi connectivity index (χ0n) is 32.7. The standard InChI is InChI=1S/C45H69O3P/c1-10-13-16-19-22-37(7)46-40-25-28-43(34(4)31-40)49(44-29-26-41(32-35(44)5)47-38(8)23-20-17-14-11-2)45-30-27-42(33-36(45)6)48-39(9)24-21-18-15-12-3/h25-33,37-39H,10-24H2,1-9H3. The molecule has 3 unspecified atom stereocenters. The fourth-order valence-electron chi connectivity index (χ4n) is 6.70. The monoisotopic (exact) mass is 688 g/mol. The molecule has 0 radical (unpaired) electrons. The zero-order chi connectivity index (χ0) is 35.6. The van der Waals surface area contributed by atoms with Gasteiger partial charge in [0, 0.05) is 0 Å². The van der Waals surface area contributed by atoms with E-state index in [2.05, 4.69) is 117 Å². The van der Waals surface area contributed by atoms with Crippen LogP contribution in [0.25, 0.3) is 0 Å². The fourth-order valence-corrected chi connectivity index (χ4v) is 9.40. The van der Waals surface area contributed by atoms with E-state index < -0.39 is 7.92 Å². The smallest absolute Gasteiger partial charge is 0.120 e. The van der Waals surface area contributed by atoms with Gasteiger partial charge in [-0.1, -0.05) is 78.6 Å². The normalized spacial score (nSPS) is 13.9. The molecule has 0 bridgehead atoms. The topological polar surface area (TPSA) is 27.7 Å². The minimum atomic E-state index is -0.814. The van der Waals surface area contributed by atoms with Crippen molar-refractivity contribution < 1.29 is 14.2 Å².